The Hall–Kier alpha value is -0.520. The van der Waals surface area contributed by atoms with Gasteiger partial charge in [0.15, 0.2) is 0 Å². The van der Waals surface area contributed by atoms with Crippen LogP contribution in [0.2, 0.25) is 0 Å². The summed E-state index contributed by atoms with van der Waals surface area (Å²) in [7, 11) is 0. The zero-order valence-corrected chi connectivity index (χ0v) is 9.42. The maximum Gasteiger partial charge on any atom is -0.0169 e. The van der Waals surface area contributed by atoms with Gasteiger partial charge in [0, 0.05) is 0 Å². The van der Waals surface area contributed by atoms with Crippen LogP contribution in [0.1, 0.15) is 52.9 Å². The van der Waals surface area contributed by atoms with E-state index in [0.717, 1.165) is 18.8 Å². The molecule has 76 valence electrons. The predicted octanol–water partition coefficient (Wildman–Crippen LogP) is 4.73. The molecule has 0 aliphatic heterocycles. The molecule has 0 aliphatic rings. The molecule has 0 aliphatic carbocycles. The molecule has 0 heteroatoms. The van der Waals surface area contributed by atoms with Gasteiger partial charge in [-0.2, -0.15) is 0 Å². The molecule has 0 amide bonds. The second-order valence-corrected chi connectivity index (χ2v) is 3.68. The van der Waals surface area contributed by atoms with Crippen molar-refractivity contribution >= 4 is 0 Å². The number of hydrogen-bond acceptors (Lipinski definition) is 0. The normalized spacial score (nSPS) is 14.4. The SMILES string of the molecule is CC/C=C\C/C=C\CCC(C)CC. The van der Waals surface area contributed by atoms with E-state index in [-0.39, 0.29) is 0 Å². The fourth-order valence-electron chi connectivity index (χ4n) is 1.14. The quantitative estimate of drug-likeness (QED) is 0.497. The molecule has 0 bridgehead atoms. The fourth-order valence-corrected chi connectivity index (χ4v) is 1.14. The van der Waals surface area contributed by atoms with Gasteiger partial charge in [0.1, 0.15) is 0 Å². The van der Waals surface area contributed by atoms with Crippen molar-refractivity contribution in [1.29, 1.82) is 0 Å². The maximum atomic E-state index is 2.32. The highest BCUT2D eigenvalue weighted by Crippen LogP contribution is 2.09. The van der Waals surface area contributed by atoms with E-state index in [2.05, 4.69) is 45.1 Å². The van der Waals surface area contributed by atoms with Crippen LogP contribution < -0.4 is 0 Å². The molecule has 0 N–H and O–H groups in total. The zero-order chi connectivity index (χ0) is 9.94. The zero-order valence-electron chi connectivity index (χ0n) is 9.42. The molecule has 0 nitrogen and oxygen atoms in total. The van der Waals surface area contributed by atoms with Gasteiger partial charge < -0.3 is 0 Å². The topological polar surface area (TPSA) is 0 Å². The van der Waals surface area contributed by atoms with Crippen molar-refractivity contribution in [2.75, 3.05) is 0 Å². The molecule has 0 aromatic heterocycles. The minimum Gasteiger partial charge on any atom is -0.0885 e. The third kappa shape index (κ3) is 9.39. The smallest absolute Gasteiger partial charge is 0.0169 e. The summed E-state index contributed by atoms with van der Waals surface area (Å²) in [6.07, 6.45) is 15.2. The van der Waals surface area contributed by atoms with Crippen LogP contribution in [-0.2, 0) is 0 Å². The fraction of sp³-hybridized carbons (Fsp3) is 0.692. The Morgan fingerprint density at radius 3 is 2.31 bits per heavy atom. The van der Waals surface area contributed by atoms with E-state index < -0.39 is 0 Å². The van der Waals surface area contributed by atoms with Crippen LogP contribution in [-0.4, -0.2) is 0 Å². The van der Waals surface area contributed by atoms with Crippen molar-refractivity contribution in [2.24, 2.45) is 5.92 Å². The average Bonchev–Trinajstić information content (AvgIpc) is 2.16. The van der Waals surface area contributed by atoms with Gasteiger partial charge in [-0.15, -0.1) is 0 Å². The summed E-state index contributed by atoms with van der Waals surface area (Å²) >= 11 is 0. The van der Waals surface area contributed by atoms with E-state index >= 15 is 0 Å². The van der Waals surface area contributed by atoms with Gasteiger partial charge in [0.25, 0.3) is 0 Å². The summed E-state index contributed by atoms with van der Waals surface area (Å²) < 4.78 is 0. The van der Waals surface area contributed by atoms with E-state index in [1.807, 2.05) is 0 Å². The van der Waals surface area contributed by atoms with Crippen molar-refractivity contribution < 1.29 is 0 Å². The molecular formula is C13H24. The molecule has 0 saturated carbocycles. The molecule has 0 fully saturated rings. The first-order valence-corrected chi connectivity index (χ1v) is 5.61. The van der Waals surface area contributed by atoms with Gasteiger partial charge in [-0.3, -0.25) is 0 Å². The van der Waals surface area contributed by atoms with E-state index in [4.69, 9.17) is 0 Å². The predicted molar refractivity (Wildman–Crippen MR) is 61.9 cm³/mol. The molecule has 1 unspecified atom stereocenters. The maximum absolute atomic E-state index is 2.32. The van der Waals surface area contributed by atoms with Gasteiger partial charge in [0.2, 0.25) is 0 Å². The molecule has 0 spiro atoms. The highest BCUT2D eigenvalue weighted by molar-refractivity contribution is 4.92. The van der Waals surface area contributed by atoms with E-state index in [1.165, 1.54) is 19.3 Å². The van der Waals surface area contributed by atoms with Crippen molar-refractivity contribution in [3.05, 3.63) is 24.3 Å². The first-order chi connectivity index (χ1) is 6.31. The first-order valence-electron chi connectivity index (χ1n) is 5.61. The minimum atomic E-state index is 0.885. The Balaban J connectivity index is 3.26. The van der Waals surface area contributed by atoms with Gasteiger partial charge in [-0.05, 0) is 31.6 Å². The Labute approximate surface area is 83.7 Å². The highest BCUT2D eigenvalue weighted by atomic mass is 14.0. The Morgan fingerprint density at radius 2 is 1.69 bits per heavy atom. The second kappa shape index (κ2) is 9.57. The molecule has 1 atom stereocenters. The van der Waals surface area contributed by atoms with Crippen molar-refractivity contribution in [3.8, 4) is 0 Å². The van der Waals surface area contributed by atoms with Gasteiger partial charge in [-0.25, -0.2) is 0 Å². The summed E-state index contributed by atoms with van der Waals surface area (Å²) in [4.78, 5) is 0. The molecule has 0 radical (unpaired) electrons. The van der Waals surface area contributed by atoms with Crippen LogP contribution in [0.3, 0.4) is 0 Å². The molecule has 13 heavy (non-hydrogen) atoms. The van der Waals surface area contributed by atoms with Crippen LogP contribution in [0.25, 0.3) is 0 Å². The summed E-state index contributed by atoms with van der Waals surface area (Å²) in [5, 5.41) is 0. The standard InChI is InChI=1S/C13H24/c1-4-6-7-8-9-10-11-12-13(3)5-2/h6-7,9-10,13H,4-5,8,11-12H2,1-3H3/b7-6-,10-9-. The number of hydrogen-bond donors (Lipinski definition) is 0. The molecule has 0 rings (SSSR count). The second-order valence-electron chi connectivity index (χ2n) is 3.68. The summed E-state index contributed by atoms with van der Waals surface area (Å²) in [5.74, 6) is 0.885. The Morgan fingerprint density at radius 1 is 1.00 bits per heavy atom. The van der Waals surface area contributed by atoms with Crippen molar-refractivity contribution in [1.82, 2.24) is 0 Å². The number of rotatable bonds is 7. The third-order valence-corrected chi connectivity index (χ3v) is 2.36. The third-order valence-electron chi connectivity index (χ3n) is 2.36. The van der Waals surface area contributed by atoms with Crippen molar-refractivity contribution in [3.63, 3.8) is 0 Å². The lowest BCUT2D eigenvalue weighted by Gasteiger charge is -2.03. The highest BCUT2D eigenvalue weighted by Gasteiger charge is 1.94. The lowest BCUT2D eigenvalue weighted by Crippen LogP contribution is -1.89. The Bertz CT molecular complexity index is 142. The van der Waals surface area contributed by atoms with Crippen LogP contribution in [0.5, 0.6) is 0 Å². The lowest BCUT2D eigenvalue weighted by molar-refractivity contribution is 0.521. The molecule has 0 aromatic rings. The monoisotopic (exact) mass is 180 g/mol. The van der Waals surface area contributed by atoms with Gasteiger partial charge >= 0.3 is 0 Å². The Kier molecular flexibility index (Phi) is 9.18. The van der Waals surface area contributed by atoms with E-state index in [1.54, 1.807) is 0 Å². The van der Waals surface area contributed by atoms with Gasteiger partial charge in [0.05, 0.1) is 0 Å². The summed E-state index contributed by atoms with van der Waals surface area (Å²) in [5.41, 5.74) is 0. The van der Waals surface area contributed by atoms with Crippen LogP contribution in [0, 0.1) is 5.92 Å². The average molecular weight is 180 g/mol. The largest absolute Gasteiger partial charge is 0.0885 e. The molecule has 0 aromatic carbocycles. The van der Waals surface area contributed by atoms with Crippen LogP contribution in [0.15, 0.2) is 24.3 Å². The van der Waals surface area contributed by atoms with Crippen molar-refractivity contribution in [2.45, 2.75) is 52.9 Å². The summed E-state index contributed by atoms with van der Waals surface area (Å²) in [6.45, 7) is 6.76. The molecule has 0 heterocycles. The summed E-state index contributed by atoms with van der Waals surface area (Å²) in [6, 6.07) is 0. The van der Waals surface area contributed by atoms with Crippen LogP contribution >= 0.6 is 0 Å². The van der Waals surface area contributed by atoms with E-state index in [9.17, 15) is 0 Å². The lowest BCUT2D eigenvalue weighted by atomic mass is 10.0. The van der Waals surface area contributed by atoms with E-state index in [0.29, 0.717) is 0 Å². The number of allylic oxidation sites excluding steroid dienone is 4. The first kappa shape index (κ1) is 12.5. The minimum absolute atomic E-state index is 0.885. The molecule has 0 saturated heterocycles. The van der Waals surface area contributed by atoms with Gasteiger partial charge in [-0.1, -0.05) is 51.5 Å². The molecular weight excluding hydrogens is 156 g/mol. The van der Waals surface area contributed by atoms with Crippen LogP contribution in [0.4, 0.5) is 0 Å².